The number of ketones is 4. The molecular weight excluding hydrogens is 877 g/mol. The predicted molar refractivity (Wildman–Crippen MR) is 278 cm³/mol. The summed E-state index contributed by atoms with van der Waals surface area (Å²) in [4.78, 5) is 60.9. The van der Waals surface area contributed by atoms with Crippen LogP contribution in [0.25, 0.3) is 0 Å². The number of anilines is 4. The molecule has 336 valence electrons. The van der Waals surface area contributed by atoms with Gasteiger partial charge in [0.2, 0.25) is 0 Å². The highest BCUT2D eigenvalue weighted by atomic mass is 32.2. The van der Waals surface area contributed by atoms with Crippen molar-refractivity contribution in [2.45, 2.75) is 61.1 Å². The number of rotatable bonds is 10. The van der Waals surface area contributed by atoms with Crippen molar-refractivity contribution >= 4 is 69.4 Å². The topological polar surface area (TPSA) is 74.8 Å². The number of carbonyl (C=O) groups is 4. The third-order valence-electron chi connectivity index (χ3n) is 12.4. The second kappa shape index (κ2) is 19.5. The third kappa shape index (κ3) is 9.35. The van der Waals surface area contributed by atoms with Gasteiger partial charge >= 0.3 is 0 Å². The van der Waals surface area contributed by atoms with Crippen molar-refractivity contribution in [1.29, 1.82) is 0 Å². The molecule has 2 heterocycles. The van der Waals surface area contributed by atoms with Gasteiger partial charge in [-0.15, -0.1) is 0 Å². The lowest BCUT2D eigenvalue weighted by Crippen LogP contribution is -2.20. The van der Waals surface area contributed by atoms with E-state index in [1.165, 1.54) is 0 Å². The Kier molecular flexibility index (Phi) is 13.2. The molecule has 0 saturated heterocycles. The molecule has 0 unspecified atom stereocenters. The van der Waals surface area contributed by atoms with Crippen molar-refractivity contribution in [2.24, 2.45) is 0 Å². The third-order valence-corrected chi connectivity index (χ3v) is 14.6. The molecule has 0 atom stereocenters. The Balaban J connectivity index is 0.000000170. The molecule has 0 aliphatic carbocycles. The average molecular weight is 927 g/mol. The Bertz CT molecular complexity index is 2820. The van der Waals surface area contributed by atoms with Crippen LogP contribution in [0.1, 0.15) is 99.8 Å². The van der Waals surface area contributed by atoms with Crippen molar-refractivity contribution in [1.82, 2.24) is 0 Å². The Morgan fingerprint density at radius 1 is 0.309 bits per heavy atom. The minimum Gasteiger partial charge on any atom is -0.340 e. The van der Waals surface area contributed by atoms with Crippen LogP contribution in [0.2, 0.25) is 0 Å². The Morgan fingerprint density at radius 3 is 0.691 bits per heavy atom. The van der Waals surface area contributed by atoms with Crippen LogP contribution in [0.15, 0.2) is 189 Å². The maximum absolute atomic E-state index is 13.1. The zero-order valence-corrected chi connectivity index (χ0v) is 40.6. The molecular formula is C60H50N2O4S2. The van der Waals surface area contributed by atoms with Crippen LogP contribution in [0.5, 0.6) is 0 Å². The van der Waals surface area contributed by atoms with Gasteiger partial charge in [0.15, 0.2) is 23.1 Å². The van der Waals surface area contributed by atoms with Crippen molar-refractivity contribution in [3.63, 3.8) is 0 Å². The summed E-state index contributed by atoms with van der Waals surface area (Å²) < 4.78 is 0. The fraction of sp³-hybridized carbons (Fsp3) is 0.133. The van der Waals surface area contributed by atoms with Crippen molar-refractivity contribution in [2.75, 3.05) is 22.9 Å². The van der Waals surface area contributed by atoms with Gasteiger partial charge in [0, 0.05) is 77.2 Å². The van der Waals surface area contributed by atoms with E-state index in [0.29, 0.717) is 44.5 Å². The van der Waals surface area contributed by atoms with Gasteiger partial charge in [-0.3, -0.25) is 19.2 Å². The lowest BCUT2D eigenvalue weighted by molar-refractivity contribution is 0.103. The lowest BCUT2D eigenvalue weighted by Gasteiger charge is -2.32. The maximum atomic E-state index is 13.1. The lowest BCUT2D eigenvalue weighted by atomic mass is 10.0. The molecule has 0 fully saturated rings. The van der Waals surface area contributed by atoms with Crippen molar-refractivity contribution in [3.05, 3.63) is 237 Å². The molecule has 2 aliphatic heterocycles. The van der Waals surface area contributed by atoms with Gasteiger partial charge in [-0.25, -0.2) is 0 Å². The van der Waals surface area contributed by atoms with Gasteiger partial charge in [-0.2, -0.15) is 0 Å². The number of aryl methyl sites for hydroxylation is 4. The summed E-state index contributed by atoms with van der Waals surface area (Å²) in [5, 5.41) is 0. The van der Waals surface area contributed by atoms with E-state index in [4.69, 9.17) is 0 Å². The van der Waals surface area contributed by atoms with Crippen molar-refractivity contribution in [3.8, 4) is 0 Å². The zero-order valence-electron chi connectivity index (χ0n) is 38.9. The van der Waals surface area contributed by atoms with Crippen LogP contribution < -0.4 is 9.80 Å². The second-order valence-corrected chi connectivity index (χ2v) is 19.4. The maximum Gasteiger partial charge on any atom is 0.193 e. The summed E-state index contributed by atoms with van der Waals surface area (Å²) in [7, 11) is 0. The molecule has 0 N–H and O–H groups in total. The van der Waals surface area contributed by atoms with Gasteiger partial charge in [0.05, 0.1) is 22.7 Å². The van der Waals surface area contributed by atoms with E-state index in [9.17, 15) is 19.2 Å². The molecule has 6 nitrogen and oxygen atoms in total. The predicted octanol–water partition coefficient (Wildman–Crippen LogP) is 14.8. The second-order valence-electron chi connectivity index (χ2n) is 17.2. The number of carbonyl (C=O) groups excluding carboxylic acids is 4. The first-order chi connectivity index (χ1) is 32.9. The molecule has 0 amide bonds. The highest BCUT2D eigenvalue weighted by Gasteiger charge is 2.27. The summed E-state index contributed by atoms with van der Waals surface area (Å²) in [6.07, 6.45) is 0. The normalized spacial score (nSPS) is 12.1. The number of benzene rings is 8. The molecule has 8 heteroatoms. The van der Waals surface area contributed by atoms with E-state index in [1.54, 1.807) is 23.5 Å². The molecule has 0 spiro atoms. The number of fused-ring (bicyclic) bond motifs is 4. The molecule has 0 radical (unpaired) electrons. The number of hydrogen-bond donors (Lipinski definition) is 0. The first-order valence-corrected chi connectivity index (χ1v) is 24.4. The highest BCUT2D eigenvalue weighted by molar-refractivity contribution is 8.00. The van der Waals surface area contributed by atoms with Crippen LogP contribution in [-0.4, -0.2) is 36.2 Å². The molecule has 8 aromatic carbocycles. The summed E-state index contributed by atoms with van der Waals surface area (Å²) in [6, 6.07) is 54.3. The van der Waals surface area contributed by atoms with Crippen LogP contribution in [0.4, 0.5) is 22.7 Å². The summed E-state index contributed by atoms with van der Waals surface area (Å²) in [5.74, 6) is 0.0576. The first kappa shape index (κ1) is 45.9. The summed E-state index contributed by atoms with van der Waals surface area (Å²) in [5.41, 5.74) is 14.3. The average Bonchev–Trinajstić information content (AvgIpc) is 3.36. The van der Waals surface area contributed by atoms with Gasteiger partial charge in [-0.1, -0.05) is 143 Å². The Hall–Kier alpha value is -7.26. The summed E-state index contributed by atoms with van der Waals surface area (Å²) >= 11 is 3.23. The largest absolute Gasteiger partial charge is 0.340 e. The van der Waals surface area contributed by atoms with E-state index in [-0.39, 0.29) is 23.1 Å². The first-order valence-electron chi connectivity index (χ1n) is 22.8. The zero-order chi connectivity index (χ0) is 47.6. The molecule has 0 bridgehead atoms. The quantitative estimate of drug-likeness (QED) is 0.126. The van der Waals surface area contributed by atoms with Crippen LogP contribution in [-0.2, 0) is 0 Å². The minimum absolute atomic E-state index is 0.0144. The van der Waals surface area contributed by atoms with Crippen LogP contribution in [0.3, 0.4) is 0 Å². The van der Waals surface area contributed by atoms with E-state index >= 15 is 0 Å². The molecule has 68 heavy (non-hydrogen) atoms. The SMILES string of the molecule is CCN1c2ccc(C(=O)c3ccc(C)cc3)cc2Sc2cc(C(=O)c3ccc(C)cc3)ccc21.CCN1c2ccc(C(=O)c3ccc(C)cc3)cc2Sc2cc(C(=O)c3ccc(C)cc3)ccc21. The molecule has 0 saturated carbocycles. The van der Waals surface area contributed by atoms with Crippen LogP contribution >= 0.6 is 23.5 Å². The van der Waals surface area contributed by atoms with Gasteiger partial charge < -0.3 is 9.80 Å². The molecule has 0 aromatic heterocycles. The molecule has 8 aromatic rings. The standard InChI is InChI=1S/2C30H25NO2S/c2*1-4-31-25-15-13-23(29(32)21-9-5-19(2)6-10-21)17-27(25)34-28-18-24(14-16-26(28)31)30(33)22-11-7-20(3)8-12-22/h2*5-18H,4H2,1-3H3. The minimum atomic E-state index is 0.0144. The monoisotopic (exact) mass is 926 g/mol. The smallest absolute Gasteiger partial charge is 0.193 e. The summed E-state index contributed by atoms with van der Waals surface area (Å²) in [6.45, 7) is 13.8. The van der Waals surface area contributed by atoms with Gasteiger partial charge in [0.25, 0.3) is 0 Å². The van der Waals surface area contributed by atoms with Crippen LogP contribution in [0, 0.1) is 27.7 Å². The number of hydrogen-bond acceptors (Lipinski definition) is 8. The molecule has 2 aliphatic rings. The fourth-order valence-electron chi connectivity index (χ4n) is 8.50. The van der Waals surface area contributed by atoms with E-state index in [0.717, 1.165) is 77.7 Å². The highest BCUT2D eigenvalue weighted by Crippen LogP contribution is 2.50. The van der Waals surface area contributed by atoms with Gasteiger partial charge in [-0.05, 0) is 114 Å². The Morgan fingerprint density at radius 2 is 0.500 bits per heavy atom. The fourth-order valence-corrected chi connectivity index (χ4v) is 10.9. The van der Waals surface area contributed by atoms with E-state index in [2.05, 4.69) is 23.6 Å². The Labute approximate surface area is 407 Å². The van der Waals surface area contributed by atoms with Crippen molar-refractivity contribution < 1.29 is 19.2 Å². The van der Waals surface area contributed by atoms with Gasteiger partial charge in [0.1, 0.15) is 0 Å². The van der Waals surface area contributed by atoms with E-state index in [1.807, 2.05) is 198 Å². The van der Waals surface area contributed by atoms with E-state index < -0.39 is 0 Å². The number of nitrogens with zero attached hydrogens (tertiary/aromatic N) is 2. The molecule has 10 rings (SSSR count).